The molecule has 0 unspecified atom stereocenters. The molecule has 0 bridgehead atoms. The van der Waals surface area contributed by atoms with Gasteiger partial charge >= 0.3 is 0 Å². The maximum Gasteiger partial charge on any atom is 0.0535 e. The summed E-state index contributed by atoms with van der Waals surface area (Å²) in [4.78, 5) is 0. The van der Waals surface area contributed by atoms with E-state index in [1.807, 2.05) is 6.20 Å². The molecule has 74 valence electrons. The van der Waals surface area contributed by atoms with Gasteiger partial charge in [-0.15, -0.1) is 0 Å². The van der Waals surface area contributed by atoms with Crippen LogP contribution in [0.1, 0.15) is 39.0 Å². The highest BCUT2D eigenvalue weighted by Gasteiger charge is 2.10. The smallest absolute Gasteiger partial charge is 0.0535 e. The molecule has 13 heavy (non-hydrogen) atoms. The monoisotopic (exact) mass is 181 g/mol. The summed E-state index contributed by atoms with van der Waals surface area (Å²) in [7, 11) is 0. The van der Waals surface area contributed by atoms with E-state index in [1.54, 1.807) is 0 Å². The summed E-state index contributed by atoms with van der Waals surface area (Å²) in [6.07, 6.45) is 2.92. The minimum Gasteiger partial charge on any atom is -0.308 e. The first-order valence-electron chi connectivity index (χ1n) is 4.79. The standard InChI is InChI=1S/C10H19N3/c1-5-9-8(7-12-13-9)6-11-10(2,3)4/h7,11H,5-6H2,1-4H3,(H,12,13). The van der Waals surface area contributed by atoms with Crippen molar-refractivity contribution in [3.05, 3.63) is 17.5 Å². The molecule has 1 heterocycles. The van der Waals surface area contributed by atoms with E-state index >= 15 is 0 Å². The second kappa shape index (κ2) is 3.92. The topological polar surface area (TPSA) is 40.7 Å². The van der Waals surface area contributed by atoms with Gasteiger partial charge in [0.2, 0.25) is 0 Å². The molecular weight excluding hydrogens is 162 g/mol. The zero-order valence-corrected chi connectivity index (χ0v) is 8.94. The van der Waals surface area contributed by atoms with Crippen molar-refractivity contribution in [2.45, 2.75) is 46.2 Å². The van der Waals surface area contributed by atoms with Crippen molar-refractivity contribution in [1.29, 1.82) is 0 Å². The van der Waals surface area contributed by atoms with E-state index in [-0.39, 0.29) is 5.54 Å². The van der Waals surface area contributed by atoms with Crippen LogP contribution < -0.4 is 5.32 Å². The van der Waals surface area contributed by atoms with Crippen LogP contribution in [0.5, 0.6) is 0 Å². The maximum absolute atomic E-state index is 4.03. The average molecular weight is 181 g/mol. The van der Waals surface area contributed by atoms with Crippen LogP contribution in [0, 0.1) is 0 Å². The highest BCUT2D eigenvalue weighted by Crippen LogP contribution is 2.07. The Balaban J connectivity index is 2.54. The Morgan fingerprint density at radius 3 is 2.69 bits per heavy atom. The second-order valence-corrected chi connectivity index (χ2v) is 4.33. The van der Waals surface area contributed by atoms with Crippen LogP contribution in [0.3, 0.4) is 0 Å². The first-order valence-corrected chi connectivity index (χ1v) is 4.79. The summed E-state index contributed by atoms with van der Waals surface area (Å²) in [6, 6.07) is 0. The van der Waals surface area contributed by atoms with Crippen LogP contribution in [0.2, 0.25) is 0 Å². The van der Waals surface area contributed by atoms with Gasteiger partial charge in [0, 0.05) is 23.3 Å². The third kappa shape index (κ3) is 3.19. The quantitative estimate of drug-likeness (QED) is 0.747. The lowest BCUT2D eigenvalue weighted by atomic mass is 10.1. The zero-order chi connectivity index (χ0) is 9.90. The zero-order valence-electron chi connectivity index (χ0n) is 8.94. The third-order valence-electron chi connectivity index (χ3n) is 1.97. The molecule has 1 aromatic heterocycles. The molecule has 0 fully saturated rings. The van der Waals surface area contributed by atoms with Crippen molar-refractivity contribution in [3.8, 4) is 0 Å². The van der Waals surface area contributed by atoms with Crippen LogP contribution in [0.4, 0.5) is 0 Å². The fourth-order valence-electron chi connectivity index (χ4n) is 1.16. The van der Waals surface area contributed by atoms with E-state index in [4.69, 9.17) is 0 Å². The Labute approximate surface area is 79.9 Å². The van der Waals surface area contributed by atoms with Crippen molar-refractivity contribution < 1.29 is 0 Å². The first kappa shape index (κ1) is 10.3. The minimum atomic E-state index is 0.169. The van der Waals surface area contributed by atoms with E-state index in [0.717, 1.165) is 13.0 Å². The molecule has 2 N–H and O–H groups in total. The van der Waals surface area contributed by atoms with Crippen LogP contribution in [-0.2, 0) is 13.0 Å². The van der Waals surface area contributed by atoms with Crippen molar-refractivity contribution in [1.82, 2.24) is 15.5 Å². The second-order valence-electron chi connectivity index (χ2n) is 4.33. The predicted octanol–water partition coefficient (Wildman–Crippen LogP) is 1.86. The van der Waals surface area contributed by atoms with Crippen LogP contribution in [0.25, 0.3) is 0 Å². The molecule has 1 rings (SSSR count). The molecule has 3 nitrogen and oxygen atoms in total. The van der Waals surface area contributed by atoms with Crippen LogP contribution in [-0.4, -0.2) is 15.7 Å². The number of aromatic amines is 1. The molecule has 0 atom stereocenters. The number of hydrogen-bond acceptors (Lipinski definition) is 2. The van der Waals surface area contributed by atoms with Gasteiger partial charge in [0.25, 0.3) is 0 Å². The molecule has 0 radical (unpaired) electrons. The van der Waals surface area contributed by atoms with Crippen molar-refractivity contribution in [2.24, 2.45) is 0 Å². The normalized spacial score (nSPS) is 12.0. The van der Waals surface area contributed by atoms with E-state index in [9.17, 15) is 0 Å². The Kier molecular flexibility index (Phi) is 3.09. The molecule has 0 spiro atoms. The molecule has 0 aromatic carbocycles. The number of aryl methyl sites for hydroxylation is 1. The summed E-state index contributed by atoms with van der Waals surface area (Å²) in [5, 5.41) is 10.5. The summed E-state index contributed by atoms with van der Waals surface area (Å²) in [6.45, 7) is 9.52. The number of nitrogens with one attached hydrogen (secondary N) is 2. The molecule has 0 aliphatic carbocycles. The van der Waals surface area contributed by atoms with Gasteiger partial charge in [-0.2, -0.15) is 5.10 Å². The number of hydrogen-bond donors (Lipinski definition) is 2. The molecule has 0 aliphatic heterocycles. The average Bonchev–Trinajstić information content (AvgIpc) is 2.46. The Morgan fingerprint density at radius 1 is 1.46 bits per heavy atom. The molecule has 0 saturated carbocycles. The summed E-state index contributed by atoms with van der Waals surface area (Å²) < 4.78 is 0. The fraction of sp³-hybridized carbons (Fsp3) is 0.700. The molecule has 0 saturated heterocycles. The molecule has 1 aromatic rings. The van der Waals surface area contributed by atoms with Gasteiger partial charge in [-0.25, -0.2) is 0 Å². The van der Waals surface area contributed by atoms with Gasteiger partial charge in [-0.3, -0.25) is 5.10 Å². The van der Waals surface area contributed by atoms with E-state index in [1.165, 1.54) is 11.3 Å². The highest BCUT2D eigenvalue weighted by molar-refractivity contribution is 5.15. The Hall–Kier alpha value is -0.830. The molecular formula is C10H19N3. The largest absolute Gasteiger partial charge is 0.308 e. The van der Waals surface area contributed by atoms with E-state index in [2.05, 4.69) is 43.2 Å². The fourth-order valence-corrected chi connectivity index (χ4v) is 1.16. The van der Waals surface area contributed by atoms with Crippen LogP contribution >= 0.6 is 0 Å². The molecule has 3 heteroatoms. The summed E-state index contributed by atoms with van der Waals surface area (Å²) in [5.74, 6) is 0. The van der Waals surface area contributed by atoms with E-state index in [0.29, 0.717) is 0 Å². The molecule has 0 aliphatic rings. The SMILES string of the molecule is CCc1[nH]ncc1CNC(C)(C)C. The van der Waals surface area contributed by atoms with Crippen LogP contribution in [0.15, 0.2) is 6.20 Å². The van der Waals surface area contributed by atoms with Gasteiger partial charge in [-0.1, -0.05) is 6.92 Å². The third-order valence-corrected chi connectivity index (χ3v) is 1.97. The minimum absolute atomic E-state index is 0.169. The number of nitrogens with zero attached hydrogens (tertiary/aromatic N) is 1. The van der Waals surface area contributed by atoms with Gasteiger partial charge in [-0.05, 0) is 27.2 Å². The Morgan fingerprint density at radius 2 is 2.15 bits per heavy atom. The predicted molar refractivity (Wildman–Crippen MR) is 54.6 cm³/mol. The lowest BCUT2D eigenvalue weighted by Gasteiger charge is -2.20. The highest BCUT2D eigenvalue weighted by atomic mass is 15.1. The van der Waals surface area contributed by atoms with Crippen molar-refractivity contribution >= 4 is 0 Å². The maximum atomic E-state index is 4.03. The van der Waals surface area contributed by atoms with E-state index < -0.39 is 0 Å². The van der Waals surface area contributed by atoms with Crippen molar-refractivity contribution in [2.75, 3.05) is 0 Å². The number of rotatable bonds is 3. The van der Waals surface area contributed by atoms with Crippen molar-refractivity contribution in [3.63, 3.8) is 0 Å². The Bertz CT molecular complexity index is 257. The molecule has 0 amide bonds. The lowest BCUT2D eigenvalue weighted by Crippen LogP contribution is -2.35. The van der Waals surface area contributed by atoms with Gasteiger partial charge in [0.15, 0.2) is 0 Å². The lowest BCUT2D eigenvalue weighted by molar-refractivity contribution is 0.423. The summed E-state index contributed by atoms with van der Waals surface area (Å²) in [5.41, 5.74) is 2.68. The summed E-state index contributed by atoms with van der Waals surface area (Å²) >= 11 is 0. The van der Waals surface area contributed by atoms with Gasteiger partial charge in [0.05, 0.1) is 6.20 Å². The van der Waals surface area contributed by atoms with Gasteiger partial charge < -0.3 is 5.32 Å². The van der Waals surface area contributed by atoms with Gasteiger partial charge in [0.1, 0.15) is 0 Å². The number of aromatic nitrogens is 2. The first-order chi connectivity index (χ1) is 6.03. The number of H-pyrrole nitrogens is 1.